The molecule has 1 atom stereocenters. The van der Waals surface area contributed by atoms with E-state index in [4.69, 9.17) is 28.4 Å². The van der Waals surface area contributed by atoms with Gasteiger partial charge in [-0.25, -0.2) is 0 Å². The summed E-state index contributed by atoms with van der Waals surface area (Å²) in [5.74, 6) is 2.76. The van der Waals surface area contributed by atoms with Crippen molar-refractivity contribution >= 4 is 0 Å². The molecule has 7 heteroatoms. The van der Waals surface area contributed by atoms with Gasteiger partial charge in [-0.05, 0) is 19.1 Å². The second kappa shape index (κ2) is 9.41. The highest BCUT2D eigenvalue weighted by atomic mass is 16.5. The number of aliphatic hydroxyl groups is 1. The number of hydrogen-bond acceptors (Lipinski definition) is 7. The molecule has 0 radical (unpaired) electrons. The summed E-state index contributed by atoms with van der Waals surface area (Å²) < 4.78 is 32.8. The average Bonchev–Trinajstić information content (AvgIpc) is 2.72. The maximum Gasteiger partial charge on any atom is 0.164 e. The summed E-state index contributed by atoms with van der Waals surface area (Å²) in [6, 6.07) is 7.06. The van der Waals surface area contributed by atoms with Crippen LogP contribution in [0.15, 0.2) is 24.3 Å². The topological polar surface area (TPSA) is 75.6 Å². The zero-order chi connectivity index (χ0) is 20.8. The van der Waals surface area contributed by atoms with Gasteiger partial charge in [0.15, 0.2) is 23.0 Å². The van der Waals surface area contributed by atoms with Crippen molar-refractivity contribution in [3.63, 3.8) is 0 Å². The van der Waals surface area contributed by atoms with Gasteiger partial charge in [0.25, 0.3) is 0 Å². The average molecular weight is 392 g/mol. The van der Waals surface area contributed by atoms with Gasteiger partial charge in [0.1, 0.15) is 11.5 Å². The van der Waals surface area contributed by atoms with E-state index in [1.54, 1.807) is 73.8 Å². The van der Waals surface area contributed by atoms with Crippen molar-refractivity contribution in [2.24, 2.45) is 0 Å². The molecule has 154 valence electrons. The van der Waals surface area contributed by atoms with Crippen LogP contribution in [0.2, 0.25) is 0 Å². The highest BCUT2D eigenvalue weighted by Gasteiger charge is 2.29. The van der Waals surface area contributed by atoms with Gasteiger partial charge in [0, 0.05) is 29.2 Å². The molecule has 0 fully saturated rings. The summed E-state index contributed by atoms with van der Waals surface area (Å²) in [5, 5.41) is 10.7. The molecule has 2 aromatic carbocycles. The lowest BCUT2D eigenvalue weighted by Crippen LogP contribution is -2.18. The molecule has 0 aliphatic carbocycles. The maximum absolute atomic E-state index is 10.7. The second-order valence-corrected chi connectivity index (χ2v) is 6.12. The predicted octanol–water partition coefficient (Wildman–Crippen LogP) is 3.25. The molecule has 0 aliphatic rings. The van der Waals surface area contributed by atoms with Crippen LogP contribution in [0, 0.1) is 0 Å². The molecule has 0 unspecified atom stereocenters. The minimum Gasteiger partial charge on any atom is -0.496 e. The monoisotopic (exact) mass is 392 g/mol. The SMILES string of the molecule is COc1cc(OC)c(C(c2cc(OC)c(OC)cc2OC)[C@@H](C)O)cc1OC. The second-order valence-electron chi connectivity index (χ2n) is 6.12. The predicted molar refractivity (Wildman–Crippen MR) is 106 cm³/mol. The normalized spacial score (nSPS) is 11.8. The smallest absolute Gasteiger partial charge is 0.164 e. The quantitative estimate of drug-likeness (QED) is 0.702. The molecule has 0 bridgehead atoms. The molecule has 0 aromatic heterocycles. The molecule has 0 saturated heterocycles. The van der Waals surface area contributed by atoms with Crippen molar-refractivity contribution < 1.29 is 33.5 Å². The van der Waals surface area contributed by atoms with Gasteiger partial charge in [-0.2, -0.15) is 0 Å². The first-order valence-corrected chi connectivity index (χ1v) is 8.73. The number of aliphatic hydroxyl groups excluding tert-OH is 1. The third-order valence-corrected chi connectivity index (χ3v) is 4.62. The van der Waals surface area contributed by atoms with E-state index in [1.807, 2.05) is 0 Å². The molecule has 28 heavy (non-hydrogen) atoms. The van der Waals surface area contributed by atoms with Gasteiger partial charge in [-0.15, -0.1) is 0 Å². The van der Waals surface area contributed by atoms with Gasteiger partial charge in [0.2, 0.25) is 0 Å². The summed E-state index contributed by atoms with van der Waals surface area (Å²) in [4.78, 5) is 0. The Morgan fingerprint density at radius 1 is 0.536 bits per heavy atom. The minimum atomic E-state index is -0.765. The van der Waals surface area contributed by atoms with Crippen molar-refractivity contribution in [1.82, 2.24) is 0 Å². The molecule has 0 spiro atoms. The van der Waals surface area contributed by atoms with Gasteiger partial charge in [-0.1, -0.05) is 0 Å². The molecular weight excluding hydrogens is 364 g/mol. The van der Waals surface area contributed by atoms with Crippen LogP contribution in [0.5, 0.6) is 34.5 Å². The lowest BCUT2D eigenvalue weighted by atomic mass is 9.85. The van der Waals surface area contributed by atoms with Gasteiger partial charge in [0.05, 0.1) is 48.8 Å². The first kappa shape index (κ1) is 21.5. The van der Waals surface area contributed by atoms with Crippen LogP contribution >= 0.6 is 0 Å². The Labute approximate surface area is 165 Å². The first-order valence-electron chi connectivity index (χ1n) is 8.73. The number of rotatable bonds is 9. The van der Waals surface area contributed by atoms with E-state index < -0.39 is 12.0 Å². The van der Waals surface area contributed by atoms with Crippen molar-refractivity contribution in [2.75, 3.05) is 42.7 Å². The highest BCUT2D eigenvalue weighted by Crippen LogP contribution is 2.46. The van der Waals surface area contributed by atoms with E-state index in [0.29, 0.717) is 34.5 Å². The van der Waals surface area contributed by atoms with Gasteiger partial charge >= 0.3 is 0 Å². The number of hydrogen-bond donors (Lipinski definition) is 1. The number of ether oxygens (including phenoxy) is 6. The Morgan fingerprint density at radius 3 is 1.07 bits per heavy atom. The first-order chi connectivity index (χ1) is 13.4. The third kappa shape index (κ3) is 4.04. The summed E-state index contributed by atoms with van der Waals surface area (Å²) >= 11 is 0. The summed E-state index contributed by atoms with van der Waals surface area (Å²) in [5.41, 5.74) is 1.45. The van der Waals surface area contributed by atoms with E-state index in [-0.39, 0.29) is 0 Å². The van der Waals surface area contributed by atoms with Crippen molar-refractivity contribution in [2.45, 2.75) is 18.9 Å². The molecule has 0 amide bonds. The Hall–Kier alpha value is -2.80. The molecule has 0 aliphatic heterocycles. The molecule has 1 N–H and O–H groups in total. The lowest BCUT2D eigenvalue weighted by molar-refractivity contribution is 0.173. The largest absolute Gasteiger partial charge is 0.496 e. The minimum absolute atomic E-state index is 0.482. The van der Waals surface area contributed by atoms with E-state index >= 15 is 0 Å². The van der Waals surface area contributed by atoms with E-state index in [1.165, 1.54) is 0 Å². The van der Waals surface area contributed by atoms with Crippen molar-refractivity contribution in [3.05, 3.63) is 35.4 Å². The Morgan fingerprint density at radius 2 is 0.821 bits per heavy atom. The fourth-order valence-corrected chi connectivity index (χ4v) is 3.28. The maximum atomic E-state index is 10.7. The van der Waals surface area contributed by atoms with Crippen LogP contribution < -0.4 is 28.4 Å². The Bertz CT molecular complexity index is 738. The fraction of sp³-hybridized carbons (Fsp3) is 0.429. The molecule has 2 aromatic rings. The van der Waals surface area contributed by atoms with Crippen LogP contribution in [0.25, 0.3) is 0 Å². The summed E-state index contributed by atoms with van der Waals surface area (Å²) in [7, 11) is 9.36. The van der Waals surface area contributed by atoms with Gasteiger partial charge < -0.3 is 33.5 Å². The molecule has 0 heterocycles. The lowest BCUT2D eigenvalue weighted by Gasteiger charge is -2.26. The molecule has 2 rings (SSSR count). The van der Waals surface area contributed by atoms with E-state index in [2.05, 4.69) is 0 Å². The standard InChI is InChI=1S/C21H28O7/c1-12(22)21(13-8-17(25-4)19(27-6)10-15(13)23-2)14-9-18(26-5)20(28-7)11-16(14)24-3/h8-12,21-22H,1-7H3/t12-/m1/s1. The zero-order valence-corrected chi connectivity index (χ0v) is 17.4. The molecule has 0 saturated carbocycles. The Balaban J connectivity index is 2.77. The molecular formula is C21H28O7. The van der Waals surface area contributed by atoms with Crippen LogP contribution in [-0.2, 0) is 0 Å². The highest BCUT2D eigenvalue weighted by molar-refractivity contribution is 5.59. The fourth-order valence-electron chi connectivity index (χ4n) is 3.28. The summed E-state index contributed by atoms with van der Waals surface area (Å²) in [6.45, 7) is 1.71. The third-order valence-electron chi connectivity index (χ3n) is 4.62. The summed E-state index contributed by atoms with van der Waals surface area (Å²) in [6.07, 6.45) is -0.765. The van der Waals surface area contributed by atoms with E-state index in [9.17, 15) is 5.11 Å². The van der Waals surface area contributed by atoms with Crippen LogP contribution in [0.4, 0.5) is 0 Å². The van der Waals surface area contributed by atoms with E-state index in [0.717, 1.165) is 11.1 Å². The van der Waals surface area contributed by atoms with Gasteiger partial charge in [-0.3, -0.25) is 0 Å². The van der Waals surface area contributed by atoms with Crippen LogP contribution in [0.3, 0.4) is 0 Å². The number of benzene rings is 2. The van der Waals surface area contributed by atoms with Crippen molar-refractivity contribution in [1.29, 1.82) is 0 Å². The number of methoxy groups -OCH3 is 6. The Kier molecular flexibility index (Phi) is 7.23. The molecule has 7 nitrogen and oxygen atoms in total. The van der Waals surface area contributed by atoms with Crippen LogP contribution in [0.1, 0.15) is 24.0 Å². The van der Waals surface area contributed by atoms with Crippen LogP contribution in [-0.4, -0.2) is 53.9 Å². The van der Waals surface area contributed by atoms with Crippen molar-refractivity contribution in [3.8, 4) is 34.5 Å². The zero-order valence-electron chi connectivity index (χ0n) is 17.4.